The Kier molecular flexibility index (Phi) is 8.67. The van der Waals surface area contributed by atoms with Gasteiger partial charge >= 0.3 is 0 Å². The minimum Gasteiger partial charge on any atom is -0.394 e. The molecule has 0 aromatic heterocycles. The van der Waals surface area contributed by atoms with Gasteiger partial charge in [0.1, 0.15) is 6.61 Å². The molecule has 7 atom stereocenters. The highest BCUT2D eigenvalue weighted by Crippen LogP contribution is 2.66. The Bertz CT molecular complexity index is 803. The van der Waals surface area contributed by atoms with Crippen molar-refractivity contribution >= 4 is 5.91 Å². The zero-order valence-corrected chi connectivity index (χ0v) is 24.2. The van der Waals surface area contributed by atoms with Gasteiger partial charge in [-0.3, -0.25) is 4.79 Å². The van der Waals surface area contributed by atoms with E-state index in [4.69, 9.17) is 4.74 Å². The minimum absolute atomic E-state index is 0.0745. The molecule has 0 bridgehead atoms. The van der Waals surface area contributed by atoms with Gasteiger partial charge in [-0.15, -0.1) is 0 Å². The van der Waals surface area contributed by atoms with E-state index in [0.29, 0.717) is 10.8 Å². The van der Waals surface area contributed by atoms with E-state index in [2.05, 4.69) is 39.1 Å². The standard InChI is InChI=1S/C32H55NO3/c1-22(2)9-7-8-10-23-12-14-27-26-13-11-24-19-25(36-20-29(35)33-30(3,4)21-34)15-17-32(24,6)28(26)16-18-31(23,27)5/h11,22-23,25-28,34H,7-10,12-21H2,1-6H3,(H,33,35). The molecule has 0 aromatic rings. The lowest BCUT2D eigenvalue weighted by Gasteiger charge is -2.58. The van der Waals surface area contributed by atoms with Gasteiger partial charge in [0.15, 0.2) is 0 Å². The molecule has 4 aliphatic carbocycles. The van der Waals surface area contributed by atoms with Crippen molar-refractivity contribution in [1.82, 2.24) is 5.32 Å². The van der Waals surface area contributed by atoms with Crippen LogP contribution in [0, 0.1) is 40.4 Å². The summed E-state index contributed by atoms with van der Waals surface area (Å²) >= 11 is 0. The maximum atomic E-state index is 12.3. The molecule has 3 saturated carbocycles. The first-order valence-electron chi connectivity index (χ1n) is 15.2. The average molecular weight is 502 g/mol. The molecule has 0 aliphatic heterocycles. The molecule has 0 spiro atoms. The zero-order valence-electron chi connectivity index (χ0n) is 24.2. The quantitative estimate of drug-likeness (QED) is 0.249. The monoisotopic (exact) mass is 501 g/mol. The fourth-order valence-electron chi connectivity index (χ4n) is 8.94. The van der Waals surface area contributed by atoms with Crippen LogP contribution >= 0.6 is 0 Å². The van der Waals surface area contributed by atoms with Gasteiger partial charge in [-0.2, -0.15) is 0 Å². The van der Waals surface area contributed by atoms with E-state index in [1.54, 1.807) is 5.57 Å². The van der Waals surface area contributed by atoms with Gasteiger partial charge in [-0.1, -0.05) is 58.6 Å². The van der Waals surface area contributed by atoms with Crippen molar-refractivity contribution in [2.45, 2.75) is 130 Å². The van der Waals surface area contributed by atoms with Crippen LogP contribution in [0.5, 0.6) is 0 Å². The Morgan fingerprint density at radius 2 is 1.92 bits per heavy atom. The van der Waals surface area contributed by atoms with Crippen molar-refractivity contribution in [1.29, 1.82) is 0 Å². The summed E-state index contributed by atoms with van der Waals surface area (Å²) in [7, 11) is 0. The van der Waals surface area contributed by atoms with Crippen LogP contribution in [0.2, 0.25) is 0 Å². The largest absolute Gasteiger partial charge is 0.394 e. The van der Waals surface area contributed by atoms with E-state index < -0.39 is 5.54 Å². The van der Waals surface area contributed by atoms with Crippen LogP contribution in [0.4, 0.5) is 0 Å². The van der Waals surface area contributed by atoms with Gasteiger partial charge in [-0.25, -0.2) is 0 Å². The number of amides is 1. The third-order valence-electron chi connectivity index (χ3n) is 11.2. The zero-order chi connectivity index (χ0) is 26.1. The lowest BCUT2D eigenvalue weighted by Crippen LogP contribution is -2.51. The second-order valence-corrected chi connectivity index (χ2v) is 14.5. The molecule has 0 aromatic carbocycles. The van der Waals surface area contributed by atoms with Crippen LogP contribution in [0.15, 0.2) is 11.6 Å². The summed E-state index contributed by atoms with van der Waals surface area (Å²) in [6.07, 6.45) is 18.7. The third-order valence-corrected chi connectivity index (χ3v) is 11.2. The number of ether oxygens (including phenoxy) is 1. The number of carbonyl (C=O) groups is 1. The Labute approximate surface area is 221 Å². The molecule has 4 aliphatic rings. The highest BCUT2D eigenvalue weighted by atomic mass is 16.5. The number of allylic oxidation sites excluding steroid dienone is 1. The molecular formula is C32H55NO3. The van der Waals surface area contributed by atoms with Gasteiger partial charge < -0.3 is 15.2 Å². The van der Waals surface area contributed by atoms with E-state index in [0.717, 1.165) is 42.4 Å². The Hall–Kier alpha value is -0.870. The predicted molar refractivity (Wildman–Crippen MR) is 148 cm³/mol. The van der Waals surface area contributed by atoms with Crippen LogP contribution in [0.1, 0.15) is 119 Å². The van der Waals surface area contributed by atoms with Gasteiger partial charge in [0.25, 0.3) is 0 Å². The first-order chi connectivity index (χ1) is 17.0. The van der Waals surface area contributed by atoms with Gasteiger partial charge in [0.05, 0.1) is 18.2 Å². The number of unbranched alkanes of at least 4 members (excludes halogenated alkanes) is 1. The Morgan fingerprint density at radius 1 is 1.14 bits per heavy atom. The van der Waals surface area contributed by atoms with Crippen molar-refractivity contribution in [3.8, 4) is 0 Å². The molecule has 4 rings (SSSR count). The molecular weight excluding hydrogens is 446 g/mol. The SMILES string of the molecule is CC(C)CCCCC1CCC2C3CC=C4CC(OCC(=O)NC(C)(C)CO)CCC4(C)C3CCC12C. The Morgan fingerprint density at radius 3 is 2.64 bits per heavy atom. The van der Waals surface area contributed by atoms with Gasteiger partial charge in [0, 0.05) is 0 Å². The highest BCUT2D eigenvalue weighted by Gasteiger charge is 2.58. The molecule has 0 heterocycles. The van der Waals surface area contributed by atoms with Crippen LogP contribution in [-0.2, 0) is 9.53 Å². The van der Waals surface area contributed by atoms with Gasteiger partial charge in [0.2, 0.25) is 5.91 Å². The van der Waals surface area contributed by atoms with E-state index in [1.165, 1.54) is 64.2 Å². The summed E-state index contributed by atoms with van der Waals surface area (Å²) in [4.78, 5) is 12.3. The molecule has 3 fully saturated rings. The predicted octanol–water partition coefficient (Wildman–Crippen LogP) is 7.05. The number of rotatable bonds is 10. The second-order valence-electron chi connectivity index (χ2n) is 14.5. The first-order valence-corrected chi connectivity index (χ1v) is 15.2. The van der Waals surface area contributed by atoms with Crippen molar-refractivity contribution < 1.29 is 14.6 Å². The Balaban J connectivity index is 1.34. The van der Waals surface area contributed by atoms with Crippen LogP contribution in [0.3, 0.4) is 0 Å². The number of hydrogen-bond donors (Lipinski definition) is 2. The van der Waals surface area contributed by atoms with Crippen molar-refractivity contribution in [2.24, 2.45) is 40.4 Å². The minimum atomic E-state index is -0.602. The molecule has 206 valence electrons. The summed E-state index contributed by atoms with van der Waals surface area (Å²) in [5.41, 5.74) is 1.90. The van der Waals surface area contributed by atoms with Crippen LogP contribution < -0.4 is 5.32 Å². The average Bonchev–Trinajstić information content (AvgIpc) is 3.16. The summed E-state index contributed by atoms with van der Waals surface area (Å²) in [6, 6.07) is 0. The molecule has 4 nitrogen and oxygen atoms in total. The lowest BCUT2D eigenvalue weighted by atomic mass is 9.47. The van der Waals surface area contributed by atoms with Crippen LogP contribution in [-0.4, -0.2) is 35.9 Å². The maximum Gasteiger partial charge on any atom is 0.246 e. The number of nitrogens with one attached hydrogen (secondary N) is 1. The number of aliphatic hydroxyl groups is 1. The first kappa shape index (κ1) is 28.1. The van der Waals surface area contributed by atoms with E-state index in [9.17, 15) is 9.90 Å². The molecule has 0 saturated heterocycles. The normalized spacial score (nSPS) is 38.2. The number of carbonyl (C=O) groups excluding carboxylic acids is 1. The summed E-state index contributed by atoms with van der Waals surface area (Å²) in [5.74, 6) is 4.25. The van der Waals surface area contributed by atoms with E-state index in [-0.39, 0.29) is 25.2 Å². The lowest BCUT2D eigenvalue weighted by molar-refractivity contribution is -0.131. The number of fused-ring (bicyclic) bond motifs is 5. The summed E-state index contributed by atoms with van der Waals surface area (Å²) in [6.45, 7) is 13.6. The maximum absolute atomic E-state index is 12.3. The fraction of sp³-hybridized carbons (Fsp3) is 0.906. The third kappa shape index (κ3) is 5.75. The van der Waals surface area contributed by atoms with E-state index in [1.807, 2.05) is 13.8 Å². The number of hydrogen-bond acceptors (Lipinski definition) is 3. The molecule has 7 unspecified atom stereocenters. The van der Waals surface area contributed by atoms with E-state index >= 15 is 0 Å². The number of aliphatic hydroxyl groups excluding tert-OH is 1. The van der Waals surface area contributed by atoms with Crippen molar-refractivity contribution in [3.63, 3.8) is 0 Å². The van der Waals surface area contributed by atoms with Crippen LogP contribution in [0.25, 0.3) is 0 Å². The fourth-order valence-corrected chi connectivity index (χ4v) is 8.94. The topological polar surface area (TPSA) is 58.6 Å². The highest BCUT2D eigenvalue weighted by molar-refractivity contribution is 5.78. The molecule has 1 amide bonds. The molecule has 4 heteroatoms. The summed E-state index contributed by atoms with van der Waals surface area (Å²) in [5, 5.41) is 12.3. The van der Waals surface area contributed by atoms with Gasteiger partial charge in [-0.05, 0) is 112 Å². The molecule has 0 radical (unpaired) electrons. The smallest absolute Gasteiger partial charge is 0.246 e. The molecule has 36 heavy (non-hydrogen) atoms. The second kappa shape index (κ2) is 11.1. The van der Waals surface area contributed by atoms with Crippen molar-refractivity contribution in [2.75, 3.05) is 13.2 Å². The summed E-state index contributed by atoms with van der Waals surface area (Å²) < 4.78 is 6.09. The van der Waals surface area contributed by atoms with Crippen molar-refractivity contribution in [3.05, 3.63) is 11.6 Å². The molecule has 2 N–H and O–H groups in total.